The van der Waals surface area contributed by atoms with Gasteiger partial charge in [0.15, 0.2) is 0 Å². The van der Waals surface area contributed by atoms with Crippen molar-refractivity contribution in [3.8, 4) is 5.19 Å². The monoisotopic (exact) mass is 340 g/mol. The summed E-state index contributed by atoms with van der Waals surface area (Å²) in [5, 5.41) is 2.58. The van der Waals surface area contributed by atoms with Crippen LogP contribution in [0.25, 0.3) is 0 Å². The van der Waals surface area contributed by atoms with Crippen LogP contribution in [0.5, 0.6) is 5.19 Å². The SMILES string of the molecule is O=C(CCc1ccc(Cl)c(F)c1)N1CC(Oc2nccs2)C1. The number of likely N-dealkylation sites (tertiary alicyclic amines) is 1. The Bertz CT molecular complexity index is 660. The zero-order valence-electron chi connectivity index (χ0n) is 11.7. The standard InChI is InChI=1S/C15H14ClFN2O2S/c16-12-3-1-10(7-13(12)17)2-4-14(20)19-8-11(9-19)21-15-18-5-6-22-15/h1,3,5-7,11H,2,4,8-9H2. The van der Waals surface area contributed by atoms with E-state index in [0.29, 0.717) is 31.1 Å². The molecular formula is C15H14ClFN2O2S. The number of thiazole rings is 1. The number of rotatable bonds is 5. The molecule has 2 heterocycles. The molecule has 116 valence electrons. The van der Waals surface area contributed by atoms with Gasteiger partial charge in [0.25, 0.3) is 5.19 Å². The van der Waals surface area contributed by atoms with Crippen molar-refractivity contribution in [2.24, 2.45) is 0 Å². The second-order valence-corrected chi connectivity index (χ2v) is 6.35. The highest BCUT2D eigenvalue weighted by atomic mass is 35.5. The summed E-state index contributed by atoms with van der Waals surface area (Å²) in [5.74, 6) is -0.401. The Balaban J connectivity index is 1.43. The van der Waals surface area contributed by atoms with Gasteiger partial charge in [0, 0.05) is 18.0 Å². The average molecular weight is 341 g/mol. The van der Waals surface area contributed by atoms with Gasteiger partial charge < -0.3 is 9.64 Å². The van der Waals surface area contributed by atoms with Crippen molar-refractivity contribution in [2.45, 2.75) is 18.9 Å². The molecule has 1 amide bonds. The Labute approximate surface area is 136 Å². The van der Waals surface area contributed by atoms with Crippen molar-refractivity contribution in [3.05, 3.63) is 46.2 Å². The molecule has 1 aromatic heterocycles. The number of amides is 1. The van der Waals surface area contributed by atoms with E-state index in [9.17, 15) is 9.18 Å². The molecule has 7 heteroatoms. The zero-order chi connectivity index (χ0) is 15.5. The largest absolute Gasteiger partial charge is 0.463 e. The maximum Gasteiger partial charge on any atom is 0.273 e. The number of carbonyl (C=O) groups is 1. The third kappa shape index (κ3) is 3.56. The number of hydrogen-bond acceptors (Lipinski definition) is 4. The predicted molar refractivity (Wildman–Crippen MR) is 82.8 cm³/mol. The molecule has 22 heavy (non-hydrogen) atoms. The van der Waals surface area contributed by atoms with Gasteiger partial charge in [0.2, 0.25) is 5.91 Å². The molecule has 1 aliphatic rings. The van der Waals surface area contributed by atoms with Gasteiger partial charge in [0.1, 0.15) is 11.9 Å². The van der Waals surface area contributed by atoms with E-state index < -0.39 is 5.82 Å². The van der Waals surface area contributed by atoms with Crippen LogP contribution in [0.3, 0.4) is 0 Å². The normalized spacial score (nSPS) is 14.7. The summed E-state index contributed by atoms with van der Waals surface area (Å²) in [6.07, 6.45) is 2.56. The van der Waals surface area contributed by atoms with Gasteiger partial charge in [-0.3, -0.25) is 4.79 Å². The Hall–Kier alpha value is -1.66. The molecule has 4 nitrogen and oxygen atoms in total. The summed E-state index contributed by atoms with van der Waals surface area (Å²) < 4.78 is 18.9. The van der Waals surface area contributed by atoms with Crippen LogP contribution in [0.1, 0.15) is 12.0 Å². The van der Waals surface area contributed by atoms with E-state index in [1.165, 1.54) is 23.5 Å². The minimum Gasteiger partial charge on any atom is -0.463 e. The first kappa shape index (κ1) is 15.2. The highest BCUT2D eigenvalue weighted by Crippen LogP contribution is 2.21. The fourth-order valence-electron chi connectivity index (χ4n) is 2.23. The van der Waals surface area contributed by atoms with Crippen LogP contribution in [-0.2, 0) is 11.2 Å². The molecule has 0 bridgehead atoms. The lowest BCUT2D eigenvalue weighted by atomic mass is 10.1. The van der Waals surface area contributed by atoms with E-state index in [1.807, 2.05) is 5.38 Å². The maximum absolute atomic E-state index is 13.3. The number of ether oxygens (including phenoxy) is 1. The van der Waals surface area contributed by atoms with Gasteiger partial charge in [-0.1, -0.05) is 29.0 Å². The lowest BCUT2D eigenvalue weighted by molar-refractivity contribution is -0.139. The Kier molecular flexibility index (Phi) is 4.59. The van der Waals surface area contributed by atoms with E-state index in [4.69, 9.17) is 16.3 Å². The summed E-state index contributed by atoms with van der Waals surface area (Å²) in [7, 11) is 0. The Morgan fingerprint density at radius 1 is 1.50 bits per heavy atom. The second kappa shape index (κ2) is 6.62. The Morgan fingerprint density at radius 3 is 3.00 bits per heavy atom. The average Bonchev–Trinajstić information content (AvgIpc) is 2.96. The number of benzene rings is 1. The van der Waals surface area contributed by atoms with Crippen LogP contribution < -0.4 is 4.74 Å². The van der Waals surface area contributed by atoms with E-state index in [1.54, 1.807) is 17.2 Å². The molecular weight excluding hydrogens is 327 g/mol. The lowest BCUT2D eigenvalue weighted by Crippen LogP contribution is -2.56. The molecule has 0 spiro atoms. The van der Waals surface area contributed by atoms with Crippen molar-refractivity contribution < 1.29 is 13.9 Å². The third-order valence-corrected chi connectivity index (χ3v) is 4.46. The summed E-state index contributed by atoms with van der Waals surface area (Å²) in [4.78, 5) is 17.8. The molecule has 1 aliphatic heterocycles. The van der Waals surface area contributed by atoms with Gasteiger partial charge in [-0.25, -0.2) is 9.37 Å². The number of hydrogen-bond donors (Lipinski definition) is 0. The first-order valence-corrected chi connectivity index (χ1v) is 8.15. The first-order chi connectivity index (χ1) is 10.6. The van der Waals surface area contributed by atoms with Crippen molar-refractivity contribution in [1.82, 2.24) is 9.88 Å². The zero-order valence-corrected chi connectivity index (χ0v) is 13.2. The van der Waals surface area contributed by atoms with E-state index in [2.05, 4.69) is 4.98 Å². The second-order valence-electron chi connectivity index (χ2n) is 5.09. The van der Waals surface area contributed by atoms with E-state index in [-0.39, 0.29) is 17.0 Å². The molecule has 3 rings (SSSR count). The number of carbonyl (C=O) groups excluding carboxylic acids is 1. The highest BCUT2D eigenvalue weighted by molar-refractivity contribution is 7.11. The molecule has 0 saturated carbocycles. The molecule has 1 fully saturated rings. The Morgan fingerprint density at radius 2 is 2.32 bits per heavy atom. The minimum atomic E-state index is -0.451. The van der Waals surface area contributed by atoms with Crippen LogP contribution in [-0.4, -0.2) is 35.0 Å². The van der Waals surface area contributed by atoms with Gasteiger partial charge in [-0.2, -0.15) is 0 Å². The topological polar surface area (TPSA) is 42.4 Å². The summed E-state index contributed by atoms with van der Waals surface area (Å²) in [5.41, 5.74) is 0.770. The molecule has 0 unspecified atom stereocenters. The molecule has 0 radical (unpaired) electrons. The third-order valence-electron chi connectivity index (χ3n) is 3.49. The molecule has 0 aliphatic carbocycles. The van der Waals surface area contributed by atoms with Crippen LogP contribution in [0, 0.1) is 5.82 Å². The van der Waals surface area contributed by atoms with Crippen LogP contribution in [0.4, 0.5) is 4.39 Å². The van der Waals surface area contributed by atoms with Crippen LogP contribution in [0.2, 0.25) is 5.02 Å². The smallest absolute Gasteiger partial charge is 0.273 e. The number of aromatic nitrogens is 1. The quantitative estimate of drug-likeness (QED) is 0.839. The molecule has 1 saturated heterocycles. The fourth-order valence-corrected chi connectivity index (χ4v) is 2.90. The predicted octanol–water partition coefficient (Wildman–Crippen LogP) is 3.16. The van der Waals surface area contributed by atoms with Crippen molar-refractivity contribution >= 4 is 28.8 Å². The van der Waals surface area contributed by atoms with Crippen molar-refractivity contribution in [1.29, 1.82) is 0 Å². The first-order valence-electron chi connectivity index (χ1n) is 6.89. The van der Waals surface area contributed by atoms with Gasteiger partial charge in [-0.05, 0) is 24.1 Å². The number of halogens is 2. The van der Waals surface area contributed by atoms with Crippen molar-refractivity contribution in [2.75, 3.05) is 13.1 Å². The van der Waals surface area contributed by atoms with Crippen LogP contribution >= 0.6 is 22.9 Å². The van der Waals surface area contributed by atoms with E-state index in [0.717, 1.165) is 5.56 Å². The molecule has 1 aromatic carbocycles. The molecule has 0 N–H and O–H groups in total. The summed E-state index contributed by atoms with van der Waals surface area (Å²) in [6, 6.07) is 4.63. The molecule has 0 atom stereocenters. The fraction of sp³-hybridized carbons (Fsp3) is 0.333. The minimum absolute atomic E-state index is 0.0167. The maximum atomic E-state index is 13.3. The van der Waals surface area contributed by atoms with Crippen molar-refractivity contribution in [3.63, 3.8) is 0 Å². The summed E-state index contributed by atoms with van der Waals surface area (Å²) in [6.45, 7) is 1.15. The van der Waals surface area contributed by atoms with E-state index >= 15 is 0 Å². The highest BCUT2D eigenvalue weighted by Gasteiger charge is 2.32. The van der Waals surface area contributed by atoms with Gasteiger partial charge in [-0.15, -0.1) is 0 Å². The number of aryl methyl sites for hydroxylation is 1. The number of nitrogens with zero attached hydrogens (tertiary/aromatic N) is 2. The summed E-state index contributed by atoms with van der Waals surface area (Å²) >= 11 is 7.07. The lowest BCUT2D eigenvalue weighted by Gasteiger charge is -2.38. The van der Waals surface area contributed by atoms with Gasteiger partial charge in [0.05, 0.1) is 18.1 Å². The van der Waals surface area contributed by atoms with Crippen LogP contribution in [0.15, 0.2) is 29.8 Å². The molecule has 2 aromatic rings. The van der Waals surface area contributed by atoms with Gasteiger partial charge >= 0.3 is 0 Å².